The average molecular weight is 494 g/mol. The number of pyridine rings is 1. The molecule has 1 aliphatic rings. The van der Waals surface area contributed by atoms with Crippen molar-refractivity contribution < 1.29 is 19.2 Å². The summed E-state index contributed by atoms with van der Waals surface area (Å²) in [6, 6.07) is 15.5. The fourth-order valence-corrected chi connectivity index (χ4v) is 3.93. The van der Waals surface area contributed by atoms with Crippen LogP contribution in [0.1, 0.15) is 37.0 Å². The highest BCUT2D eigenvalue weighted by Crippen LogP contribution is 2.26. The lowest BCUT2D eigenvalue weighted by molar-refractivity contribution is -0.130. The third kappa shape index (κ3) is 5.25. The molecule has 2 heterocycles. The van der Waals surface area contributed by atoms with Crippen LogP contribution in [0.4, 0.5) is 4.79 Å². The number of carbonyl (C=O) groups excluding carboxylic acids is 4. The van der Waals surface area contributed by atoms with Gasteiger partial charge in [-0.2, -0.15) is 0 Å². The van der Waals surface area contributed by atoms with Gasteiger partial charge in [0.1, 0.15) is 5.54 Å². The molecule has 1 fully saturated rings. The van der Waals surface area contributed by atoms with E-state index in [1.165, 1.54) is 0 Å². The van der Waals surface area contributed by atoms with Crippen LogP contribution in [0.25, 0.3) is 22.2 Å². The molecular formula is C25H24ClN5O4. The molecule has 0 bridgehead atoms. The lowest BCUT2D eigenvalue weighted by Crippen LogP contribution is -2.42. The van der Waals surface area contributed by atoms with Crippen LogP contribution in [0.15, 0.2) is 54.6 Å². The second kappa shape index (κ2) is 9.71. The van der Waals surface area contributed by atoms with Crippen molar-refractivity contribution in [3.05, 3.63) is 65.2 Å². The Morgan fingerprint density at radius 1 is 1.06 bits per heavy atom. The van der Waals surface area contributed by atoms with Gasteiger partial charge in [0.15, 0.2) is 0 Å². The molecule has 0 aliphatic carbocycles. The Kier molecular flexibility index (Phi) is 6.70. The van der Waals surface area contributed by atoms with Crippen LogP contribution in [-0.2, 0) is 9.59 Å². The molecule has 0 spiro atoms. The zero-order valence-electron chi connectivity index (χ0n) is 19.2. The second-order valence-corrected chi connectivity index (χ2v) is 9.13. The number of amides is 5. The number of hydrogen-bond donors (Lipinski definition) is 3. The van der Waals surface area contributed by atoms with Gasteiger partial charge in [0.05, 0.1) is 16.8 Å². The first-order chi connectivity index (χ1) is 16.7. The molecular weight excluding hydrogens is 470 g/mol. The highest BCUT2D eigenvalue weighted by atomic mass is 35.5. The number of urea groups is 1. The predicted molar refractivity (Wildman–Crippen MR) is 131 cm³/mol. The SMILES string of the molecule is CC1(C)NC(=O)N(CCCC(=O)NNC(=O)c2cc(-c3ccc(Cl)cc3)nc3ccccc23)C1=O. The summed E-state index contributed by atoms with van der Waals surface area (Å²) in [6.07, 6.45) is 0.279. The average Bonchev–Trinajstić information content (AvgIpc) is 3.03. The molecule has 0 saturated carbocycles. The summed E-state index contributed by atoms with van der Waals surface area (Å²) in [6.45, 7) is 3.35. The molecule has 3 N–H and O–H groups in total. The highest BCUT2D eigenvalue weighted by Gasteiger charge is 2.43. The Morgan fingerprint density at radius 3 is 2.46 bits per heavy atom. The van der Waals surface area contributed by atoms with E-state index in [0.717, 1.165) is 10.5 Å². The van der Waals surface area contributed by atoms with E-state index in [9.17, 15) is 19.2 Å². The maximum Gasteiger partial charge on any atom is 0.325 e. The Balaban J connectivity index is 1.40. The summed E-state index contributed by atoms with van der Waals surface area (Å²) in [5, 5.41) is 3.82. The van der Waals surface area contributed by atoms with Crippen molar-refractivity contribution in [2.45, 2.75) is 32.2 Å². The Bertz CT molecular complexity index is 1320. The molecule has 1 saturated heterocycles. The first-order valence-electron chi connectivity index (χ1n) is 11.0. The minimum absolute atomic E-state index is 0.0187. The van der Waals surface area contributed by atoms with Crippen LogP contribution in [0.2, 0.25) is 5.02 Å². The smallest absolute Gasteiger partial charge is 0.324 e. The summed E-state index contributed by atoms with van der Waals surface area (Å²) >= 11 is 5.98. The molecule has 0 unspecified atom stereocenters. The molecule has 2 aromatic carbocycles. The van der Waals surface area contributed by atoms with E-state index in [2.05, 4.69) is 21.2 Å². The van der Waals surface area contributed by atoms with Crippen molar-refractivity contribution in [1.29, 1.82) is 0 Å². The fraction of sp³-hybridized carbons (Fsp3) is 0.240. The third-order valence-corrected chi connectivity index (χ3v) is 5.90. The standard InChI is InChI=1S/C25H24ClN5O4/c1-25(2)23(34)31(24(35)28-25)13-5-8-21(32)29-30-22(33)18-14-20(15-9-11-16(26)12-10-15)27-19-7-4-3-6-17(18)19/h3-4,6-7,9-12,14H,5,8,13H2,1-2H3,(H,28,35)(H,29,32)(H,30,33). The Hall–Kier alpha value is -3.98. The van der Waals surface area contributed by atoms with Crippen LogP contribution in [0.5, 0.6) is 0 Å². The van der Waals surface area contributed by atoms with Crippen LogP contribution < -0.4 is 16.2 Å². The van der Waals surface area contributed by atoms with Gasteiger partial charge < -0.3 is 5.32 Å². The molecule has 1 aliphatic heterocycles. The van der Waals surface area contributed by atoms with Gasteiger partial charge in [-0.25, -0.2) is 9.78 Å². The number of para-hydroxylation sites is 1. The van der Waals surface area contributed by atoms with Gasteiger partial charge in [0.2, 0.25) is 5.91 Å². The summed E-state index contributed by atoms with van der Waals surface area (Å²) in [5.74, 6) is -1.28. The number of nitrogens with zero attached hydrogens (tertiary/aromatic N) is 2. The minimum atomic E-state index is -0.953. The van der Waals surface area contributed by atoms with Gasteiger partial charge in [-0.1, -0.05) is 41.9 Å². The minimum Gasteiger partial charge on any atom is -0.324 e. The van der Waals surface area contributed by atoms with E-state index in [-0.39, 0.29) is 25.3 Å². The van der Waals surface area contributed by atoms with Crippen LogP contribution in [0, 0.1) is 0 Å². The first-order valence-corrected chi connectivity index (χ1v) is 11.4. The summed E-state index contributed by atoms with van der Waals surface area (Å²) in [5.41, 5.74) is 6.25. The number of rotatable bonds is 6. The Morgan fingerprint density at radius 2 is 1.77 bits per heavy atom. The lowest BCUT2D eigenvalue weighted by Gasteiger charge is -2.15. The van der Waals surface area contributed by atoms with Crippen molar-refractivity contribution in [2.24, 2.45) is 0 Å². The first kappa shape index (κ1) is 24.2. The van der Waals surface area contributed by atoms with Gasteiger partial charge in [-0.3, -0.25) is 30.1 Å². The van der Waals surface area contributed by atoms with Crippen LogP contribution in [-0.4, -0.2) is 45.7 Å². The number of benzene rings is 2. The number of aromatic nitrogens is 1. The number of nitrogens with one attached hydrogen (secondary N) is 3. The highest BCUT2D eigenvalue weighted by molar-refractivity contribution is 6.30. The van der Waals surface area contributed by atoms with Crippen LogP contribution >= 0.6 is 11.6 Å². The molecule has 4 rings (SSSR count). The maximum absolute atomic E-state index is 13.0. The molecule has 35 heavy (non-hydrogen) atoms. The summed E-state index contributed by atoms with van der Waals surface area (Å²) < 4.78 is 0. The van der Waals surface area contributed by atoms with E-state index >= 15 is 0 Å². The maximum atomic E-state index is 13.0. The zero-order valence-corrected chi connectivity index (χ0v) is 20.0. The largest absolute Gasteiger partial charge is 0.325 e. The quantitative estimate of drug-likeness (QED) is 0.359. The van der Waals surface area contributed by atoms with E-state index in [4.69, 9.17) is 11.6 Å². The molecule has 0 atom stereocenters. The summed E-state index contributed by atoms with van der Waals surface area (Å²) in [4.78, 5) is 55.1. The molecule has 3 aromatic rings. The molecule has 9 nitrogen and oxygen atoms in total. The molecule has 5 amide bonds. The van der Waals surface area contributed by atoms with E-state index in [0.29, 0.717) is 27.2 Å². The van der Waals surface area contributed by atoms with E-state index < -0.39 is 23.4 Å². The molecule has 1 aromatic heterocycles. The second-order valence-electron chi connectivity index (χ2n) is 8.70. The van der Waals surface area contributed by atoms with Crippen molar-refractivity contribution in [1.82, 2.24) is 26.1 Å². The fourth-order valence-electron chi connectivity index (χ4n) is 3.81. The van der Waals surface area contributed by atoms with Gasteiger partial charge >= 0.3 is 6.03 Å². The van der Waals surface area contributed by atoms with E-state index in [1.807, 2.05) is 18.2 Å². The van der Waals surface area contributed by atoms with Gasteiger partial charge in [0, 0.05) is 28.9 Å². The van der Waals surface area contributed by atoms with Crippen molar-refractivity contribution >= 4 is 46.3 Å². The van der Waals surface area contributed by atoms with Crippen LogP contribution in [0.3, 0.4) is 0 Å². The molecule has 180 valence electrons. The van der Waals surface area contributed by atoms with Crippen molar-refractivity contribution in [2.75, 3.05) is 6.54 Å². The number of fused-ring (bicyclic) bond motifs is 1. The normalized spacial score (nSPS) is 14.7. The summed E-state index contributed by atoms with van der Waals surface area (Å²) in [7, 11) is 0. The zero-order chi connectivity index (χ0) is 25.2. The van der Waals surface area contributed by atoms with E-state index in [1.54, 1.807) is 50.2 Å². The van der Waals surface area contributed by atoms with Gasteiger partial charge in [-0.15, -0.1) is 0 Å². The monoisotopic (exact) mass is 493 g/mol. The molecule has 0 radical (unpaired) electrons. The van der Waals surface area contributed by atoms with Gasteiger partial charge in [0.25, 0.3) is 11.8 Å². The van der Waals surface area contributed by atoms with Gasteiger partial charge in [-0.05, 0) is 44.5 Å². The number of halogens is 1. The van der Waals surface area contributed by atoms with Crippen molar-refractivity contribution in [3.63, 3.8) is 0 Å². The van der Waals surface area contributed by atoms with Crippen molar-refractivity contribution in [3.8, 4) is 11.3 Å². The Labute approximate surface area is 206 Å². The topological polar surface area (TPSA) is 120 Å². The number of carbonyl (C=O) groups is 4. The third-order valence-electron chi connectivity index (χ3n) is 5.65. The number of hydrogen-bond acceptors (Lipinski definition) is 5. The predicted octanol–water partition coefficient (Wildman–Crippen LogP) is 3.43. The lowest BCUT2D eigenvalue weighted by atomic mass is 10.0. The number of imide groups is 1. The number of hydrazine groups is 1. The molecule has 10 heteroatoms.